The number of aldehydes is 1. The van der Waals surface area contributed by atoms with Crippen molar-refractivity contribution in [1.29, 1.82) is 0 Å². The van der Waals surface area contributed by atoms with Crippen molar-refractivity contribution in [2.45, 2.75) is 25.7 Å². The van der Waals surface area contributed by atoms with E-state index in [-0.39, 0.29) is 5.92 Å². The van der Waals surface area contributed by atoms with Gasteiger partial charge in [-0.1, -0.05) is 60.2 Å². The molecule has 0 N–H and O–H groups in total. The quantitative estimate of drug-likeness (QED) is 0.722. The van der Waals surface area contributed by atoms with Crippen LogP contribution in [-0.2, 0) is 11.2 Å². The Morgan fingerprint density at radius 2 is 1.67 bits per heavy atom. The highest BCUT2D eigenvalue weighted by Gasteiger charge is 2.11. The molecule has 0 heterocycles. The van der Waals surface area contributed by atoms with Crippen molar-refractivity contribution < 1.29 is 4.79 Å². The maximum Gasteiger partial charge on any atom is 0.120 e. The van der Waals surface area contributed by atoms with Gasteiger partial charge in [-0.05, 0) is 30.4 Å². The summed E-state index contributed by atoms with van der Waals surface area (Å²) >= 11 is 0. The van der Waals surface area contributed by atoms with Gasteiger partial charge < -0.3 is 4.79 Å². The van der Waals surface area contributed by atoms with Crippen LogP contribution in [0.1, 0.15) is 29.0 Å². The zero-order valence-electron chi connectivity index (χ0n) is 10.7. The van der Waals surface area contributed by atoms with Crippen molar-refractivity contribution in [1.82, 2.24) is 0 Å². The molecule has 0 radical (unpaired) electrons. The van der Waals surface area contributed by atoms with E-state index in [0.29, 0.717) is 6.42 Å². The Morgan fingerprint density at radius 1 is 1.00 bits per heavy atom. The number of carbonyl (C=O) groups excluding carboxylic acids is 1. The summed E-state index contributed by atoms with van der Waals surface area (Å²) in [6.45, 7) is 2.08. The van der Waals surface area contributed by atoms with Crippen LogP contribution in [0.2, 0.25) is 0 Å². The average molecular weight is 238 g/mol. The molecule has 0 saturated heterocycles. The van der Waals surface area contributed by atoms with Crippen LogP contribution in [0.25, 0.3) is 0 Å². The Morgan fingerprint density at radius 3 is 2.28 bits per heavy atom. The maximum atomic E-state index is 10.8. The molecule has 0 fully saturated rings. The lowest BCUT2D eigenvalue weighted by molar-refractivity contribution is -0.108. The molecule has 2 aromatic rings. The minimum atomic E-state index is 0.283. The van der Waals surface area contributed by atoms with Gasteiger partial charge in [0.05, 0.1) is 0 Å². The molecule has 92 valence electrons. The van der Waals surface area contributed by atoms with Crippen LogP contribution in [0.15, 0.2) is 54.6 Å². The lowest BCUT2D eigenvalue weighted by Gasteiger charge is -2.15. The first-order chi connectivity index (χ1) is 8.79. The van der Waals surface area contributed by atoms with Gasteiger partial charge in [0, 0.05) is 6.42 Å². The van der Waals surface area contributed by atoms with Gasteiger partial charge in [-0.15, -0.1) is 0 Å². The average Bonchev–Trinajstić information content (AvgIpc) is 2.40. The highest BCUT2D eigenvalue weighted by Crippen LogP contribution is 2.23. The number of aryl methyl sites for hydroxylation is 1. The highest BCUT2D eigenvalue weighted by molar-refractivity contribution is 5.52. The Labute approximate surface area is 108 Å². The van der Waals surface area contributed by atoms with E-state index in [1.54, 1.807) is 0 Å². The fraction of sp³-hybridized carbons (Fsp3) is 0.235. The number of hydrogen-bond acceptors (Lipinski definition) is 1. The smallest absolute Gasteiger partial charge is 0.120 e. The van der Waals surface area contributed by atoms with E-state index in [1.807, 2.05) is 18.2 Å². The molecule has 0 unspecified atom stereocenters. The lowest BCUT2D eigenvalue weighted by atomic mass is 9.89. The molecule has 0 aliphatic rings. The van der Waals surface area contributed by atoms with Crippen LogP contribution in [0.5, 0.6) is 0 Å². The minimum Gasteiger partial charge on any atom is -0.303 e. The van der Waals surface area contributed by atoms with Crippen molar-refractivity contribution in [3.63, 3.8) is 0 Å². The van der Waals surface area contributed by atoms with Gasteiger partial charge in [0.2, 0.25) is 0 Å². The number of carbonyl (C=O) groups is 1. The maximum absolute atomic E-state index is 10.8. The predicted octanol–water partition coefficient (Wildman–Crippen LogP) is 3.91. The molecule has 0 aromatic heterocycles. The number of hydrogen-bond donors (Lipinski definition) is 0. The molecule has 2 aromatic carbocycles. The molecule has 1 heteroatoms. The molecule has 1 nitrogen and oxygen atoms in total. The third-order valence-electron chi connectivity index (χ3n) is 3.25. The van der Waals surface area contributed by atoms with Gasteiger partial charge >= 0.3 is 0 Å². The Hall–Kier alpha value is -1.89. The summed E-state index contributed by atoms with van der Waals surface area (Å²) < 4.78 is 0. The second-order valence-electron chi connectivity index (χ2n) is 4.70. The van der Waals surface area contributed by atoms with Crippen LogP contribution >= 0.6 is 0 Å². The Balaban J connectivity index is 2.18. The first-order valence-corrected chi connectivity index (χ1v) is 6.33. The third-order valence-corrected chi connectivity index (χ3v) is 3.25. The van der Waals surface area contributed by atoms with Crippen molar-refractivity contribution in [2.75, 3.05) is 0 Å². The van der Waals surface area contributed by atoms with Gasteiger partial charge in [-0.25, -0.2) is 0 Å². The summed E-state index contributed by atoms with van der Waals surface area (Å²) in [4.78, 5) is 10.8. The zero-order chi connectivity index (χ0) is 12.8. The van der Waals surface area contributed by atoms with Gasteiger partial charge in [-0.3, -0.25) is 0 Å². The first-order valence-electron chi connectivity index (χ1n) is 6.33. The van der Waals surface area contributed by atoms with E-state index in [4.69, 9.17) is 0 Å². The topological polar surface area (TPSA) is 17.1 Å². The molecular formula is C17H18O. The molecule has 18 heavy (non-hydrogen) atoms. The fourth-order valence-corrected chi connectivity index (χ4v) is 2.19. The Kier molecular flexibility index (Phi) is 4.30. The second-order valence-corrected chi connectivity index (χ2v) is 4.70. The van der Waals surface area contributed by atoms with Crippen LogP contribution in [-0.4, -0.2) is 6.29 Å². The number of benzene rings is 2. The summed E-state index contributed by atoms with van der Waals surface area (Å²) in [6, 6.07) is 18.8. The van der Waals surface area contributed by atoms with E-state index < -0.39 is 0 Å². The fourth-order valence-electron chi connectivity index (χ4n) is 2.19. The van der Waals surface area contributed by atoms with Crippen LogP contribution in [0.4, 0.5) is 0 Å². The van der Waals surface area contributed by atoms with Crippen molar-refractivity contribution in [3.8, 4) is 0 Å². The lowest BCUT2D eigenvalue weighted by Crippen LogP contribution is -2.04. The molecule has 0 aliphatic carbocycles. The Bertz CT molecular complexity index is 485. The van der Waals surface area contributed by atoms with Crippen LogP contribution < -0.4 is 0 Å². The summed E-state index contributed by atoms with van der Waals surface area (Å²) in [5.41, 5.74) is 3.78. The van der Waals surface area contributed by atoms with Gasteiger partial charge in [-0.2, -0.15) is 0 Å². The van der Waals surface area contributed by atoms with Gasteiger partial charge in [0.25, 0.3) is 0 Å². The van der Waals surface area contributed by atoms with E-state index in [2.05, 4.69) is 43.3 Å². The molecule has 0 aliphatic heterocycles. The molecule has 1 atom stereocenters. The zero-order valence-corrected chi connectivity index (χ0v) is 10.7. The highest BCUT2D eigenvalue weighted by atomic mass is 16.1. The van der Waals surface area contributed by atoms with E-state index in [9.17, 15) is 4.79 Å². The van der Waals surface area contributed by atoms with Crippen molar-refractivity contribution in [3.05, 3.63) is 71.3 Å². The summed E-state index contributed by atoms with van der Waals surface area (Å²) in [6.07, 6.45) is 2.52. The predicted molar refractivity (Wildman–Crippen MR) is 74.7 cm³/mol. The van der Waals surface area contributed by atoms with Crippen molar-refractivity contribution in [2.24, 2.45) is 0 Å². The molecule has 2 rings (SSSR count). The van der Waals surface area contributed by atoms with E-state index in [0.717, 1.165) is 12.7 Å². The van der Waals surface area contributed by atoms with E-state index >= 15 is 0 Å². The molecule has 0 bridgehead atoms. The van der Waals surface area contributed by atoms with Crippen molar-refractivity contribution >= 4 is 6.29 Å². The molecule has 0 spiro atoms. The largest absolute Gasteiger partial charge is 0.303 e. The normalized spacial score (nSPS) is 12.1. The molecule has 0 amide bonds. The summed E-state index contributed by atoms with van der Waals surface area (Å²) in [5, 5.41) is 0. The van der Waals surface area contributed by atoms with Crippen LogP contribution in [0, 0.1) is 6.92 Å². The summed E-state index contributed by atoms with van der Waals surface area (Å²) in [5.74, 6) is 0.283. The van der Waals surface area contributed by atoms with E-state index in [1.165, 1.54) is 16.7 Å². The molecular weight excluding hydrogens is 220 g/mol. The first kappa shape index (κ1) is 12.6. The van der Waals surface area contributed by atoms with Gasteiger partial charge in [0.15, 0.2) is 0 Å². The van der Waals surface area contributed by atoms with Gasteiger partial charge in [0.1, 0.15) is 6.29 Å². The summed E-state index contributed by atoms with van der Waals surface area (Å²) in [7, 11) is 0. The molecule has 0 saturated carbocycles. The van der Waals surface area contributed by atoms with Crippen LogP contribution in [0.3, 0.4) is 0 Å². The number of rotatable bonds is 5. The third kappa shape index (κ3) is 3.30. The SMILES string of the molecule is Cc1ccc([C@H](CC=O)Cc2ccccc2)cc1. The second kappa shape index (κ2) is 6.15. The standard InChI is InChI=1S/C17H18O/c1-14-7-9-16(10-8-14)17(11-12-18)13-15-5-3-2-4-6-15/h2-10,12,17H,11,13H2,1H3/t17-/m1/s1. The monoisotopic (exact) mass is 238 g/mol. The minimum absolute atomic E-state index is 0.283.